The highest BCUT2D eigenvalue weighted by Crippen LogP contribution is 2.32. The highest BCUT2D eigenvalue weighted by molar-refractivity contribution is 5.78. The molecule has 1 heterocycles. The van der Waals surface area contributed by atoms with Gasteiger partial charge in [0.2, 0.25) is 0 Å². The molecule has 1 aromatic heterocycles. The van der Waals surface area contributed by atoms with Gasteiger partial charge in [0.15, 0.2) is 0 Å². The van der Waals surface area contributed by atoms with E-state index in [0.717, 1.165) is 22.5 Å². The predicted octanol–water partition coefficient (Wildman–Crippen LogP) is 5.72. The molecule has 0 aliphatic heterocycles. The summed E-state index contributed by atoms with van der Waals surface area (Å²) in [7, 11) is 0. The molecule has 2 aromatic carbocycles. The van der Waals surface area contributed by atoms with E-state index in [4.69, 9.17) is 9.72 Å². The van der Waals surface area contributed by atoms with Gasteiger partial charge in [-0.25, -0.2) is 9.78 Å². The second-order valence-corrected chi connectivity index (χ2v) is 7.68. The van der Waals surface area contributed by atoms with Gasteiger partial charge in [-0.1, -0.05) is 67.6 Å². The van der Waals surface area contributed by atoms with Crippen molar-refractivity contribution in [2.75, 3.05) is 0 Å². The Morgan fingerprint density at radius 1 is 1.04 bits per heavy atom. The van der Waals surface area contributed by atoms with Gasteiger partial charge >= 0.3 is 6.09 Å². The normalized spacial score (nSPS) is 12.4. The molecule has 0 saturated heterocycles. The summed E-state index contributed by atoms with van der Waals surface area (Å²) in [5.41, 5.74) is 3.33. The molecule has 5 heteroatoms. The summed E-state index contributed by atoms with van der Waals surface area (Å²) in [5, 5.41) is 2.93. The van der Waals surface area contributed by atoms with Crippen LogP contribution in [0.25, 0.3) is 22.5 Å². The van der Waals surface area contributed by atoms with E-state index >= 15 is 0 Å². The molecular formula is C23H27N3O2. The van der Waals surface area contributed by atoms with Crippen LogP contribution >= 0.6 is 0 Å². The van der Waals surface area contributed by atoms with Gasteiger partial charge in [0, 0.05) is 11.1 Å². The molecule has 0 radical (unpaired) electrons. The third kappa shape index (κ3) is 4.80. The van der Waals surface area contributed by atoms with Gasteiger partial charge in [0.25, 0.3) is 0 Å². The van der Waals surface area contributed by atoms with Crippen molar-refractivity contribution in [2.24, 2.45) is 0 Å². The van der Waals surface area contributed by atoms with Crippen molar-refractivity contribution in [3.8, 4) is 22.5 Å². The Morgan fingerprint density at radius 3 is 2.14 bits per heavy atom. The van der Waals surface area contributed by atoms with Crippen LogP contribution in [-0.4, -0.2) is 21.7 Å². The summed E-state index contributed by atoms with van der Waals surface area (Å²) in [6, 6.07) is 19.9. The second-order valence-electron chi connectivity index (χ2n) is 7.68. The number of carbonyl (C=O) groups is 1. The highest BCUT2D eigenvalue weighted by atomic mass is 16.6. The number of aromatic nitrogens is 2. The first-order valence-corrected chi connectivity index (χ1v) is 9.57. The first kappa shape index (κ1) is 19.7. The molecular weight excluding hydrogens is 350 g/mol. The van der Waals surface area contributed by atoms with E-state index in [1.807, 2.05) is 88.4 Å². The molecule has 1 atom stereocenters. The number of imidazole rings is 1. The van der Waals surface area contributed by atoms with Crippen molar-refractivity contribution in [3.63, 3.8) is 0 Å². The molecule has 3 aromatic rings. The molecule has 0 fully saturated rings. The lowest BCUT2D eigenvalue weighted by atomic mass is 10.1. The quantitative estimate of drug-likeness (QED) is 0.597. The molecule has 0 unspecified atom stereocenters. The molecule has 0 bridgehead atoms. The monoisotopic (exact) mass is 377 g/mol. The Morgan fingerprint density at radius 2 is 1.61 bits per heavy atom. The number of nitrogens with one attached hydrogen (secondary N) is 2. The summed E-state index contributed by atoms with van der Waals surface area (Å²) in [4.78, 5) is 20.5. The molecule has 3 rings (SSSR count). The van der Waals surface area contributed by atoms with Crippen molar-refractivity contribution in [1.82, 2.24) is 15.3 Å². The number of hydrogen-bond acceptors (Lipinski definition) is 3. The molecule has 0 aliphatic carbocycles. The third-order valence-corrected chi connectivity index (χ3v) is 4.26. The van der Waals surface area contributed by atoms with Gasteiger partial charge in [-0.15, -0.1) is 0 Å². The molecule has 2 N–H and O–H groups in total. The minimum atomic E-state index is -0.546. The predicted molar refractivity (Wildman–Crippen MR) is 112 cm³/mol. The zero-order valence-corrected chi connectivity index (χ0v) is 16.8. The number of carbonyl (C=O) groups excluding carboxylic acids is 1. The lowest BCUT2D eigenvalue weighted by molar-refractivity contribution is 0.0500. The average Bonchev–Trinajstić information content (AvgIpc) is 3.11. The van der Waals surface area contributed by atoms with Crippen LogP contribution in [0.5, 0.6) is 0 Å². The maximum atomic E-state index is 12.3. The molecule has 0 spiro atoms. The van der Waals surface area contributed by atoms with Gasteiger partial charge in [0.05, 0.1) is 17.4 Å². The van der Waals surface area contributed by atoms with Gasteiger partial charge in [-0.05, 0) is 27.2 Å². The molecule has 146 valence electrons. The van der Waals surface area contributed by atoms with Crippen molar-refractivity contribution in [2.45, 2.75) is 45.8 Å². The Balaban J connectivity index is 1.97. The lowest BCUT2D eigenvalue weighted by Crippen LogP contribution is -2.35. The fraction of sp³-hybridized carbons (Fsp3) is 0.304. The summed E-state index contributed by atoms with van der Waals surface area (Å²) in [5.74, 6) is 0.714. The van der Waals surface area contributed by atoms with Gasteiger partial charge in [0.1, 0.15) is 11.4 Å². The van der Waals surface area contributed by atoms with E-state index in [1.165, 1.54) is 0 Å². The number of amides is 1. The van der Waals surface area contributed by atoms with Crippen LogP contribution in [-0.2, 0) is 4.74 Å². The number of aromatic amines is 1. The van der Waals surface area contributed by atoms with Crippen LogP contribution in [0.2, 0.25) is 0 Å². The maximum absolute atomic E-state index is 12.3. The molecule has 1 amide bonds. The number of nitrogens with zero attached hydrogens (tertiary/aromatic N) is 1. The Kier molecular flexibility index (Phi) is 5.83. The Hall–Kier alpha value is -3.08. The van der Waals surface area contributed by atoms with Crippen molar-refractivity contribution < 1.29 is 9.53 Å². The van der Waals surface area contributed by atoms with Crippen LogP contribution in [0.3, 0.4) is 0 Å². The molecule has 5 nitrogen and oxygen atoms in total. The summed E-state index contributed by atoms with van der Waals surface area (Å²) < 4.78 is 5.41. The van der Waals surface area contributed by atoms with Crippen LogP contribution in [0.1, 0.15) is 46.0 Å². The summed E-state index contributed by atoms with van der Waals surface area (Å²) in [6.07, 6.45) is 0.244. The lowest BCUT2D eigenvalue weighted by Gasteiger charge is -2.22. The zero-order valence-electron chi connectivity index (χ0n) is 16.8. The van der Waals surface area contributed by atoms with Crippen molar-refractivity contribution in [1.29, 1.82) is 0 Å². The largest absolute Gasteiger partial charge is 0.444 e. The Labute approximate surface area is 166 Å². The molecule has 0 saturated carbocycles. The van der Waals surface area contributed by atoms with Gasteiger partial charge < -0.3 is 15.0 Å². The van der Waals surface area contributed by atoms with Gasteiger partial charge in [-0.3, -0.25) is 0 Å². The first-order valence-electron chi connectivity index (χ1n) is 9.57. The van der Waals surface area contributed by atoms with Crippen LogP contribution in [0.4, 0.5) is 4.79 Å². The highest BCUT2D eigenvalue weighted by Gasteiger charge is 2.23. The third-order valence-electron chi connectivity index (χ3n) is 4.26. The van der Waals surface area contributed by atoms with E-state index in [0.29, 0.717) is 12.2 Å². The number of H-pyrrole nitrogens is 1. The summed E-state index contributed by atoms with van der Waals surface area (Å²) in [6.45, 7) is 7.55. The van der Waals surface area contributed by atoms with Crippen LogP contribution < -0.4 is 5.32 Å². The van der Waals surface area contributed by atoms with E-state index in [9.17, 15) is 4.79 Å². The molecule has 28 heavy (non-hydrogen) atoms. The Bertz CT molecular complexity index is 855. The SMILES string of the molecule is CC[C@H](NC(=O)OC(C)(C)C)c1nc(-c2ccccc2)c(-c2ccccc2)[nH]1. The van der Waals surface area contributed by atoms with Crippen molar-refractivity contribution >= 4 is 6.09 Å². The van der Waals surface area contributed by atoms with E-state index in [2.05, 4.69) is 10.3 Å². The number of rotatable bonds is 5. The number of hydrogen-bond donors (Lipinski definition) is 2. The van der Waals surface area contributed by atoms with Crippen molar-refractivity contribution in [3.05, 3.63) is 66.5 Å². The van der Waals surface area contributed by atoms with E-state index in [-0.39, 0.29) is 6.04 Å². The number of alkyl carbamates (subject to hydrolysis) is 1. The minimum absolute atomic E-state index is 0.269. The first-order chi connectivity index (χ1) is 13.4. The van der Waals surface area contributed by atoms with Crippen LogP contribution in [0, 0.1) is 0 Å². The average molecular weight is 377 g/mol. The number of benzene rings is 2. The van der Waals surface area contributed by atoms with E-state index < -0.39 is 11.7 Å². The second kappa shape index (κ2) is 8.30. The smallest absolute Gasteiger partial charge is 0.408 e. The number of ether oxygens (including phenoxy) is 1. The fourth-order valence-corrected chi connectivity index (χ4v) is 2.99. The van der Waals surface area contributed by atoms with E-state index in [1.54, 1.807) is 0 Å². The molecule has 0 aliphatic rings. The minimum Gasteiger partial charge on any atom is -0.444 e. The summed E-state index contributed by atoms with van der Waals surface area (Å²) >= 11 is 0. The zero-order chi connectivity index (χ0) is 20.1. The van der Waals surface area contributed by atoms with Gasteiger partial charge in [-0.2, -0.15) is 0 Å². The fourth-order valence-electron chi connectivity index (χ4n) is 2.99. The topological polar surface area (TPSA) is 67.0 Å². The van der Waals surface area contributed by atoms with Crippen LogP contribution in [0.15, 0.2) is 60.7 Å². The maximum Gasteiger partial charge on any atom is 0.408 e. The standard InChI is InChI=1S/C23H27N3O2/c1-5-18(24-22(27)28-23(2,3)4)21-25-19(16-12-8-6-9-13-16)20(26-21)17-14-10-7-11-15-17/h6-15,18H,5H2,1-4H3,(H,24,27)(H,25,26)/t18-/m0/s1.